The summed E-state index contributed by atoms with van der Waals surface area (Å²) in [5, 5.41) is 2.72. The highest BCUT2D eigenvalue weighted by molar-refractivity contribution is 5.98. The molecule has 150 valence electrons. The van der Waals surface area contributed by atoms with E-state index < -0.39 is 24.6 Å². The van der Waals surface area contributed by atoms with Crippen molar-refractivity contribution in [2.75, 3.05) is 12.4 Å². The van der Waals surface area contributed by atoms with E-state index in [1.165, 1.54) is 32.2 Å². The van der Waals surface area contributed by atoms with Crippen LogP contribution in [0.4, 0.5) is 14.5 Å². The van der Waals surface area contributed by atoms with Crippen molar-refractivity contribution in [2.45, 2.75) is 33.5 Å². The number of carbonyl (C=O) groups excluding carboxylic acids is 2. The molecule has 2 rings (SSSR count). The molecule has 0 aliphatic heterocycles. The molecule has 0 spiro atoms. The van der Waals surface area contributed by atoms with E-state index in [2.05, 4.69) is 10.1 Å². The first-order valence-electron chi connectivity index (χ1n) is 8.43. The molecule has 0 heterocycles. The van der Waals surface area contributed by atoms with Gasteiger partial charge < -0.3 is 19.5 Å². The van der Waals surface area contributed by atoms with E-state index in [9.17, 15) is 18.4 Å². The number of ether oxygens (including phenoxy) is 3. The molecule has 0 saturated carbocycles. The fourth-order valence-electron chi connectivity index (χ4n) is 2.37. The third-order valence-electron chi connectivity index (χ3n) is 3.92. The summed E-state index contributed by atoms with van der Waals surface area (Å²) >= 11 is 0. The molecule has 1 amide bonds. The second-order valence-electron chi connectivity index (χ2n) is 6.10. The van der Waals surface area contributed by atoms with Crippen molar-refractivity contribution in [1.29, 1.82) is 0 Å². The number of alkyl halides is 2. The zero-order chi connectivity index (χ0) is 20.8. The molecule has 6 nitrogen and oxygen atoms in total. The predicted molar refractivity (Wildman–Crippen MR) is 99.0 cm³/mol. The number of hydrogen-bond acceptors (Lipinski definition) is 5. The average molecular weight is 393 g/mol. The topological polar surface area (TPSA) is 73.9 Å². The summed E-state index contributed by atoms with van der Waals surface area (Å²) in [6.45, 7) is 2.15. The summed E-state index contributed by atoms with van der Waals surface area (Å²) in [4.78, 5) is 24.6. The molecule has 0 aromatic heterocycles. The SMILES string of the molecule is COc1cc(C(=O)O[C@@H](C)C(=O)Nc2cc(C)ccc2C)ccc1OC(F)F. The Morgan fingerprint density at radius 2 is 1.75 bits per heavy atom. The van der Waals surface area contributed by atoms with Gasteiger partial charge >= 0.3 is 12.6 Å². The minimum absolute atomic E-state index is 0.0323. The maximum atomic E-state index is 12.4. The van der Waals surface area contributed by atoms with E-state index in [0.29, 0.717) is 5.69 Å². The maximum Gasteiger partial charge on any atom is 0.387 e. The van der Waals surface area contributed by atoms with Crippen molar-refractivity contribution in [3.8, 4) is 11.5 Å². The Kier molecular flexibility index (Phi) is 6.92. The molecule has 2 aromatic rings. The first-order chi connectivity index (χ1) is 13.2. The summed E-state index contributed by atoms with van der Waals surface area (Å²) < 4.78 is 39.2. The number of rotatable bonds is 7. The Morgan fingerprint density at radius 1 is 1.04 bits per heavy atom. The second-order valence-corrected chi connectivity index (χ2v) is 6.10. The molecular formula is C20H21F2NO5. The van der Waals surface area contributed by atoms with Gasteiger partial charge in [-0.25, -0.2) is 4.79 Å². The number of anilines is 1. The third-order valence-corrected chi connectivity index (χ3v) is 3.92. The molecule has 2 aromatic carbocycles. The van der Waals surface area contributed by atoms with Gasteiger partial charge in [0.1, 0.15) is 0 Å². The Hall–Kier alpha value is -3.16. The fraction of sp³-hybridized carbons (Fsp3) is 0.300. The van der Waals surface area contributed by atoms with E-state index in [-0.39, 0.29) is 17.1 Å². The summed E-state index contributed by atoms with van der Waals surface area (Å²) in [6.07, 6.45) is -1.07. The van der Waals surface area contributed by atoms with Crippen LogP contribution >= 0.6 is 0 Å². The van der Waals surface area contributed by atoms with Gasteiger partial charge in [-0.1, -0.05) is 12.1 Å². The monoisotopic (exact) mass is 393 g/mol. The quantitative estimate of drug-likeness (QED) is 0.717. The van der Waals surface area contributed by atoms with Crippen molar-refractivity contribution in [3.63, 3.8) is 0 Å². The van der Waals surface area contributed by atoms with E-state index in [1.54, 1.807) is 0 Å². The number of amides is 1. The summed E-state index contributed by atoms with van der Waals surface area (Å²) in [6, 6.07) is 9.23. The fourth-order valence-corrected chi connectivity index (χ4v) is 2.37. The molecule has 8 heteroatoms. The van der Waals surface area contributed by atoms with Crippen LogP contribution in [0.5, 0.6) is 11.5 Å². The second kappa shape index (κ2) is 9.16. The Bertz CT molecular complexity index is 870. The van der Waals surface area contributed by atoms with Crippen LogP contribution in [-0.4, -0.2) is 31.7 Å². The number of aryl methyl sites for hydroxylation is 2. The van der Waals surface area contributed by atoms with E-state index >= 15 is 0 Å². The highest BCUT2D eigenvalue weighted by Gasteiger charge is 2.21. The van der Waals surface area contributed by atoms with Crippen LogP contribution in [0.25, 0.3) is 0 Å². The van der Waals surface area contributed by atoms with Crippen LogP contribution in [-0.2, 0) is 9.53 Å². The molecule has 28 heavy (non-hydrogen) atoms. The standard InChI is InChI=1S/C20H21F2NO5/c1-11-5-6-12(2)15(9-11)23-18(24)13(3)27-19(25)14-7-8-16(28-20(21)22)17(10-14)26-4/h5-10,13,20H,1-4H3,(H,23,24)/t13-/m0/s1. The molecule has 0 bridgehead atoms. The van der Waals surface area contributed by atoms with Crippen molar-refractivity contribution in [3.05, 3.63) is 53.1 Å². The molecule has 0 aliphatic carbocycles. The lowest BCUT2D eigenvalue weighted by atomic mass is 10.1. The Labute approximate surface area is 161 Å². The summed E-state index contributed by atoms with van der Waals surface area (Å²) in [5.41, 5.74) is 2.51. The van der Waals surface area contributed by atoms with Gasteiger partial charge in [0.2, 0.25) is 0 Å². The average Bonchev–Trinajstić information content (AvgIpc) is 2.64. The van der Waals surface area contributed by atoms with Crippen molar-refractivity contribution in [1.82, 2.24) is 0 Å². The lowest BCUT2D eigenvalue weighted by Gasteiger charge is -2.16. The smallest absolute Gasteiger partial charge is 0.387 e. The molecule has 0 aliphatic rings. The Morgan fingerprint density at radius 3 is 2.39 bits per heavy atom. The van der Waals surface area contributed by atoms with Gasteiger partial charge in [-0.15, -0.1) is 0 Å². The minimum Gasteiger partial charge on any atom is -0.493 e. The van der Waals surface area contributed by atoms with E-state index in [1.807, 2.05) is 32.0 Å². The van der Waals surface area contributed by atoms with Crippen molar-refractivity contribution in [2.24, 2.45) is 0 Å². The number of halogens is 2. The van der Waals surface area contributed by atoms with Crippen LogP contribution in [0.1, 0.15) is 28.4 Å². The minimum atomic E-state index is -3.03. The van der Waals surface area contributed by atoms with Gasteiger partial charge in [-0.05, 0) is 56.2 Å². The van der Waals surface area contributed by atoms with Gasteiger partial charge in [0.15, 0.2) is 17.6 Å². The highest BCUT2D eigenvalue weighted by Crippen LogP contribution is 2.29. The van der Waals surface area contributed by atoms with Crippen LogP contribution in [0, 0.1) is 13.8 Å². The van der Waals surface area contributed by atoms with E-state index in [4.69, 9.17) is 9.47 Å². The van der Waals surface area contributed by atoms with Crippen LogP contribution in [0.2, 0.25) is 0 Å². The summed E-state index contributed by atoms with van der Waals surface area (Å²) in [7, 11) is 1.25. The van der Waals surface area contributed by atoms with Crippen molar-refractivity contribution >= 4 is 17.6 Å². The first kappa shape index (κ1) is 21.1. The molecule has 1 N–H and O–H groups in total. The molecule has 1 atom stereocenters. The van der Waals surface area contributed by atoms with Gasteiger partial charge in [-0.2, -0.15) is 8.78 Å². The number of hydrogen-bond donors (Lipinski definition) is 1. The third kappa shape index (κ3) is 5.42. The van der Waals surface area contributed by atoms with Gasteiger partial charge in [0, 0.05) is 5.69 Å². The maximum absolute atomic E-state index is 12.4. The normalized spacial score (nSPS) is 11.7. The number of esters is 1. The largest absolute Gasteiger partial charge is 0.493 e. The number of benzene rings is 2. The zero-order valence-electron chi connectivity index (χ0n) is 15.9. The molecular weight excluding hydrogens is 372 g/mol. The van der Waals surface area contributed by atoms with Crippen molar-refractivity contribution < 1.29 is 32.6 Å². The van der Waals surface area contributed by atoms with Crippen LogP contribution < -0.4 is 14.8 Å². The lowest BCUT2D eigenvalue weighted by Crippen LogP contribution is -2.30. The van der Waals surface area contributed by atoms with Gasteiger partial charge in [0.05, 0.1) is 12.7 Å². The summed E-state index contributed by atoms with van der Waals surface area (Å²) in [5.74, 6) is -1.56. The number of carbonyl (C=O) groups is 2. The van der Waals surface area contributed by atoms with E-state index in [0.717, 1.165) is 11.1 Å². The molecule has 0 fully saturated rings. The number of methoxy groups -OCH3 is 1. The zero-order valence-corrected chi connectivity index (χ0v) is 15.9. The van der Waals surface area contributed by atoms with Crippen LogP contribution in [0.3, 0.4) is 0 Å². The number of nitrogens with one attached hydrogen (secondary N) is 1. The lowest BCUT2D eigenvalue weighted by molar-refractivity contribution is -0.123. The predicted octanol–water partition coefficient (Wildman–Crippen LogP) is 4.10. The van der Waals surface area contributed by atoms with Gasteiger partial charge in [0.25, 0.3) is 5.91 Å². The Balaban J connectivity index is 2.07. The van der Waals surface area contributed by atoms with Gasteiger partial charge in [-0.3, -0.25) is 4.79 Å². The molecule has 0 unspecified atom stereocenters. The first-order valence-corrected chi connectivity index (χ1v) is 8.43. The molecule has 0 saturated heterocycles. The van der Waals surface area contributed by atoms with Crippen LogP contribution in [0.15, 0.2) is 36.4 Å². The molecule has 0 radical (unpaired) electrons. The highest BCUT2D eigenvalue weighted by atomic mass is 19.3.